The van der Waals surface area contributed by atoms with E-state index in [-0.39, 0.29) is 5.91 Å². The summed E-state index contributed by atoms with van der Waals surface area (Å²) in [7, 11) is 0. The van der Waals surface area contributed by atoms with Crippen molar-refractivity contribution in [3.05, 3.63) is 54.6 Å². The summed E-state index contributed by atoms with van der Waals surface area (Å²) in [6.45, 7) is 1.38. The van der Waals surface area contributed by atoms with Crippen LogP contribution < -0.4 is 5.32 Å². The molecule has 4 nitrogen and oxygen atoms in total. The van der Waals surface area contributed by atoms with Gasteiger partial charge in [-0.1, -0.05) is 6.07 Å². The number of aromatic nitrogens is 2. The third-order valence-electron chi connectivity index (χ3n) is 2.68. The molecule has 1 N–H and O–H groups in total. The number of carbonyl (C=O) groups is 1. The lowest BCUT2D eigenvalue weighted by atomic mass is 10.3. The third kappa shape index (κ3) is 4.05. The van der Waals surface area contributed by atoms with E-state index in [2.05, 4.69) is 14.9 Å². The predicted molar refractivity (Wildman–Crippen MR) is 69.7 cm³/mol. The van der Waals surface area contributed by atoms with Crippen LogP contribution in [0.15, 0.2) is 48.9 Å². The summed E-state index contributed by atoms with van der Waals surface area (Å²) >= 11 is 0. The highest BCUT2D eigenvalue weighted by atomic mass is 16.1. The van der Waals surface area contributed by atoms with Crippen LogP contribution in [0.4, 0.5) is 0 Å². The second-order valence-corrected chi connectivity index (χ2v) is 4.12. The molecule has 94 valence electrons. The summed E-state index contributed by atoms with van der Waals surface area (Å²) in [5.41, 5.74) is 0.885. The molecule has 1 amide bonds. The van der Waals surface area contributed by atoms with Crippen molar-refractivity contribution < 1.29 is 4.79 Å². The van der Waals surface area contributed by atoms with E-state index in [0.717, 1.165) is 18.7 Å². The summed E-state index contributed by atoms with van der Waals surface area (Å²) in [4.78, 5) is 15.7. The van der Waals surface area contributed by atoms with Crippen molar-refractivity contribution in [1.82, 2.24) is 14.9 Å². The molecule has 0 radical (unpaired) electrons. The molecule has 0 aliphatic heterocycles. The Kier molecular flexibility index (Phi) is 4.53. The Morgan fingerprint density at radius 1 is 1.22 bits per heavy atom. The fourth-order valence-corrected chi connectivity index (χ4v) is 1.72. The molecule has 2 heterocycles. The van der Waals surface area contributed by atoms with Gasteiger partial charge < -0.3 is 9.88 Å². The van der Waals surface area contributed by atoms with Crippen molar-refractivity contribution in [2.75, 3.05) is 0 Å². The molecular formula is C14H17N3O. The van der Waals surface area contributed by atoms with E-state index >= 15 is 0 Å². The quantitative estimate of drug-likeness (QED) is 0.843. The Morgan fingerprint density at radius 2 is 2.06 bits per heavy atom. The molecular weight excluding hydrogens is 226 g/mol. The van der Waals surface area contributed by atoms with Gasteiger partial charge in [-0.2, -0.15) is 0 Å². The first-order chi connectivity index (χ1) is 8.84. The van der Waals surface area contributed by atoms with Crippen LogP contribution in [0.25, 0.3) is 0 Å². The highest BCUT2D eigenvalue weighted by Crippen LogP contribution is 1.98. The molecule has 0 spiro atoms. The summed E-state index contributed by atoms with van der Waals surface area (Å²) in [5, 5.41) is 2.87. The minimum absolute atomic E-state index is 0.0767. The van der Waals surface area contributed by atoms with E-state index < -0.39 is 0 Å². The van der Waals surface area contributed by atoms with Gasteiger partial charge in [-0.05, 0) is 30.7 Å². The molecule has 0 saturated carbocycles. The fourth-order valence-electron chi connectivity index (χ4n) is 1.72. The van der Waals surface area contributed by atoms with Crippen LogP contribution in [0.2, 0.25) is 0 Å². The molecule has 2 aromatic heterocycles. The zero-order valence-corrected chi connectivity index (χ0v) is 10.2. The van der Waals surface area contributed by atoms with Crippen LogP contribution in [0.1, 0.15) is 18.5 Å². The first-order valence-corrected chi connectivity index (χ1v) is 6.12. The zero-order valence-electron chi connectivity index (χ0n) is 10.2. The number of rotatable bonds is 6. The van der Waals surface area contributed by atoms with Gasteiger partial charge in [0.25, 0.3) is 0 Å². The number of pyridine rings is 1. The molecule has 0 atom stereocenters. The maximum Gasteiger partial charge on any atom is 0.220 e. The van der Waals surface area contributed by atoms with Crippen molar-refractivity contribution >= 4 is 5.91 Å². The van der Waals surface area contributed by atoms with Crippen LogP contribution in [-0.4, -0.2) is 15.5 Å². The number of aryl methyl sites for hydroxylation is 1. The minimum Gasteiger partial charge on any atom is -0.354 e. The normalized spacial score (nSPS) is 10.2. The standard InChI is InChI=1S/C14H17N3O/c18-14(7-5-11-17-9-3-4-10-17)16-12-13-6-1-2-8-15-13/h1-4,6,8-10H,5,7,11-12H2,(H,16,18). The lowest BCUT2D eigenvalue weighted by molar-refractivity contribution is -0.121. The summed E-state index contributed by atoms with van der Waals surface area (Å²) in [5.74, 6) is 0.0767. The first kappa shape index (κ1) is 12.4. The molecule has 18 heavy (non-hydrogen) atoms. The van der Waals surface area contributed by atoms with Crippen LogP contribution in [0.3, 0.4) is 0 Å². The van der Waals surface area contributed by atoms with Gasteiger partial charge in [0.15, 0.2) is 0 Å². The second-order valence-electron chi connectivity index (χ2n) is 4.12. The maximum absolute atomic E-state index is 11.6. The average Bonchev–Trinajstić information content (AvgIpc) is 2.91. The highest BCUT2D eigenvalue weighted by Gasteiger charge is 2.01. The van der Waals surface area contributed by atoms with E-state index in [4.69, 9.17) is 0 Å². The van der Waals surface area contributed by atoms with Crippen molar-refractivity contribution in [2.45, 2.75) is 25.9 Å². The summed E-state index contributed by atoms with van der Waals surface area (Å²) in [6, 6.07) is 9.66. The van der Waals surface area contributed by atoms with Gasteiger partial charge >= 0.3 is 0 Å². The number of carbonyl (C=O) groups excluding carboxylic acids is 1. The third-order valence-corrected chi connectivity index (χ3v) is 2.68. The molecule has 0 saturated heterocycles. The Balaban J connectivity index is 1.63. The SMILES string of the molecule is O=C(CCCn1cccc1)NCc1ccccn1. The van der Waals surface area contributed by atoms with Crippen molar-refractivity contribution in [3.8, 4) is 0 Å². The van der Waals surface area contributed by atoms with Crippen LogP contribution in [-0.2, 0) is 17.9 Å². The fraction of sp³-hybridized carbons (Fsp3) is 0.286. The number of nitrogens with zero attached hydrogens (tertiary/aromatic N) is 2. The van der Waals surface area contributed by atoms with Gasteiger partial charge in [0, 0.05) is 31.6 Å². The smallest absolute Gasteiger partial charge is 0.220 e. The van der Waals surface area contributed by atoms with Crippen LogP contribution >= 0.6 is 0 Å². The Bertz CT molecular complexity index is 465. The van der Waals surface area contributed by atoms with E-state index in [1.54, 1.807) is 6.20 Å². The van der Waals surface area contributed by atoms with Crippen molar-refractivity contribution in [3.63, 3.8) is 0 Å². The van der Waals surface area contributed by atoms with Gasteiger partial charge in [-0.25, -0.2) is 0 Å². The van der Waals surface area contributed by atoms with Crippen molar-refractivity contribution in [2.24, 2.45) is 0 Å². The average molecular weight is 243 g/mol. The van der Waals surface area contributed by atoms with Crippen molar-refractivity contribution in [1.29, 1.82) is 0 Å². The minimum atomic E-state index is 0.0767. The summed E-state index contributed by atoms with van der Waals surface area (Å²) < 4.78 is 2.08. The molecule has 0 unspecified atom stereocenters. The highest BCUT2D eigenvalue weighted by molar-refractivity contribution is 5.75. The maximum atomic E-state index is 11.6. The Morgan fingerprint density at radius 3 is 2.78 bits per heavy atom. The second kappa shape index (κ2) is 6.59. The lowest BCUT2D eigenvalue weighted by Crippen LogP contribution is -2.23. The van der Waals surface area contributed by atoms with E-state index in [1.165, 1.54) is 0 Å². The molecule has 0 fully saturated rings. The van der Waals surface area contributed by atoms with Crippen LogP contribution in [0.5, 0.6) is 0 Å². The molecule has 2 rings (SSSR count). The molecule has 0 aliphatic carbocycles. The molecule has 2 aromatic rings. The Labute approximate surface area is 107 Å². The molecule has 0 aliphatic rings. The molecule has 0 aromatic carbocycles. The van der Waals surface area contributed by atoms with Crippen LogP contribution in [0, 0.1) is 0 Å². The summed E-state index contributed by atoms with van der Waals surface area (Å²) in [6.07, 6.45) is 7.14. The number of amides is 1. The lowest BCUT2D eigenvalue weighted by Gasteiger charge is -2.05. The van der Waals surface area contributed by atoms with E-state index in [1.807, 2.05) is 42.7 Å². The van der Waals surface area contributed by atoms with Gasteiger partial charge in [-0.15, -0.1) is 0 Å². The zero-order chi connectivity index (χ0) is 12.6. The molecule has 0 bridgehead atoms. The van der Waals surface area contributed by atoms with Gasteiger partial charge in [0.1, 0.15) is 0 Å². The number of hydrogen-bond donors (Lipinski definition) is 1. The van der Waals surface area contributed by atoms with E-state index in [9.17, 15) is 4.79 Å². The predicted octanol–water partition coefficient (Wildman–Crippen LogP) is 1.98. The first-order valence-electron chi connectivity index (χ1n) is 6.12. The van der Waals surface area contributed by atoms with Gasteiger partial charge in [0.2, 0.25) is 5.91 Å². The largest absolute Gasteiger partial charge is 0.354 e. The number of nitrogens with one attached hydrogen (secondary N) is 1. The Hall–Kier alpha value is -2.10. The van der Waals surface area contributed by atoms with Gasteiger partial charge in [0.05, 0.1) is 12.2 Å². The monoisotopic (exact) mass is 243 g/mol. The van der Waals surface area contributed by atoms with Gasteiger partial charge in [-0.3, -0.25) is 9.78 Å². The number of hydrogen-bond acceptors (Lipinski definition) is 2. The van der Waals surface area contributed by atoms with E-state index in [0.29, 0.717) is 13.0 Å². The topological polar surface area (TPSA) is 46.9 Å². The molecule has 4 heteroatoms.